The van der Waals surface area contributed by atoms with Crippen molar-refractivity contribution in [2.75, 3.05) is 0 Å². The molecule has 1 aromatic heterocycles. The van der Waals surface area contributed by atoms with Crippen LogP contribution in [-0.2, 0) is 11.2 Å². The zero-order valence-electron chi connectivity index (χ0n) is 12.1. The monoisotopic (exact) mass is 272 g/mol. The molecule has 0 aliphatic heterocycles. The number of aliphatic carboxylic acids is 1. The predicted octanol–water partition coefficient (Wildman–Crippen LogP) is 3.53. The number of nitrogens with one attached hydrogen (secondary N) is 1. The fourth-order valence-electron chi connectivity index (χ4n) is 2.30. The van der Waals surface area contributed by atoms with Gasteiger partial charge in [0.2, 0.25) is 0 Å². The van der Waals surface area contributed by atoms with Gasteiger partial charge in [0.1, 0.15) is 0 Å². The Morgan fingerprint density at radius 2 is 1.95 bits per heavy atom. The van der Waals surface area contributed by atoms with Crippen molar-refractivity contribution in [3.05, 3.63) is 41.2 Å². The van der Waals surface area contributed by atoms with E-state index in [1.165, 1.54) is 5.56 Å². The van der Waals surface area contributed by atoms with Gasteiger partial charge in [-0.25, -0.2) is 0 Å². The van der Waals surface area contributed by atoms with Crippen molar-refractivity contribution in [2.24, 2.45) is 0 Å². The van der Waals surface area contributed by atoms with Gasteiger partial charge in [-0.3, -0.25) is 9.89 Å². The minimum Gasteiger partial charge on any atom is -0.481 e. The minimum atomic E-state index is -0.799. The molecule has 0 atom stereocenters. The van der Waals surface area contributed by atoms with E-state index in [2.05, 4.69) is 48.3 Å². The van der Waals surface area contributed by atoms with Crippen molar-refractivity contribution in [1.82, 2.24) is 10.2 Å². The average molecular weight is 272 g/mol. The fraction of sp³-hybridized carbons (Fsp3) is 0.375. The Hall–Kier alpha value is -2.10. The predicted molar refractivity (Wildman–Crippen MR) is 78.8 cm³/mol. The van der Waals surface area contributed by atoms with Gasteiger partial charge >= 0.3 is 5.97 Å². The second-order valence-electron chi connectivity index (χ2n) is 5.34. The van der Waals surface area contributed by atoms with E-state index in [0.29, 0.717) is 12.3 Å². The lowest BCUT2D eigenvalue weighted by Gasteiger charge is -2.08. The van der Waals surface area contributed by atoms with Crippen LogP contribution in [0.4, 0.5) is 0 Å². The first-order chi connectivity index (χ1) is 9.49. The Balaban J connectivity index is 2.31. The Morgan fingerprint density at radius 3 is 2.50 bits per heavy atom. The van der Waals surface area contributed by atoms with Crippen LogP contribution in [0.15, 0.2) is 24.3 Å². The summed E-state index contributed by atoms with van der Waals surface area (Å²) >= 11 is 0. The first-order valence-corrected chi connectivity index (χ1v) is 6.85. The van der Waals surface area contributed by atoms with E-state index in [0.717, 1.165) is 22.5 Å². The van der Waals surface area contributed by atoms with E-state index < -0.39 is 5.97 Å². The molecule has 1 aromatic carbocycles. The highest BCUT2D eigenvalue weighted by Gasteiger charge is 2.13. The molecule has 0 aliphatic carbocycles. The summed E-state index contributed by atoms with van der Waals surface area (Å²) in [5.41, 5.74) is 5.20. The Morgan fingerprint density at radius 1 is 1.30 bits per heavy atom. The van der Waals surface area contributed by atoms with Gasteiger partial charge in [0.25, 0.3) is 0 Å². The third-order valence-electron chi connectivity index (χ3n) is 3.46. The SMILES string of the molecule is Cc1[nH]nc(CCC(=O)O)c1-c1ccc(C(C)C)cc1. The zero-order valence-corrected chi connectivity index (χ0v) is 12.1. The number of rotatable bonds is 5. The van der Waals surface area contributed by atoms with Crippen LogP contribution in [0.5, 0.6) is 0 Å². The van der Waals surface area contributed by atoms with Crippen molar-refractivity contribution >= 4 is 5.97 Å². The third kappa shape index (κ3) is 3.07. The molecule has 1 heterocycles. The number of aromatic nitrogens is 2. The number of carbonyl (C=O) groups is 1. The van der Waals surface area contributed by atoms with Crippen LogP contribution in [0.1, 0.15) is 43.1 Å². The largest absolute Gasteiger partial charge is 0.481 e. The molecule has 2 N–H and O–H groups in total. The summed E-state index contributed by atoms with van der Waals surface area (Å²) in [6, 6.07) is 8.40. The van der Waals surface area contributed by atoms with E-state index in [9.17, 15) is 4.79 Å². The van der Waals surface area contributed by atoms with E-state index in [4.69, 9.17) is 5.11 Å². The van der Waals surface area contributed by atoms with Gasteiger partial charge in [-0.2, -0.15) is 5.10 Å². The summed E-state index contributed by atoms with van der Waals surface area (Å²) in [7, 11) is 0. The molecule has 2 rings (SSSR count). The maximum Gasteiger partial charge on any atom is 0.303 e. The number of aryl methyl sites for hydroxylation is 2. The topological polar surface area (TPSA) is 66.0 Å². The molecule has 4 nitrogen and oxygen atoms in total. The summed E-state index contributed by atoms with van der Waals surface area (Å²) in [5, 5.41) is 16.0. The molecule has 0 saturated carbocycles. The van der Waals surface area contributed by atoms with Gasteiger partial charge < -0.3 is 5.11 Å². The molecule has 106 valence electrons. The van der Waals surface area contributed by atoms with Crippen molar-refractivity contribution in [2.45, 2.75) is 39.5 Å². The molecule has 2 aromatic rings. The number of carboxylic acids is 1. The molecule has 0 unspecified atom stereocenters. The summed E-state index contributed by atoms with van der Waals surface area (Å²) in [5.74, 6) is -0.298. The van der Waals surface area contributed by atoms with E-state index >= 15 is 0 Å². The molecule has 0 aliphatic rings. The van der Waals surface area contributed by atoms with Crippen LogP contribution in [0.3, 0.4) is 0 Å². The quantitative estimate of drug-likeness (QED) is 0.875. The first kappa shape index (κ1) is 14.3. The molecular formula is C16H20N2O2. The summed E-state index contributed by atoms with van der Waals surface area (Å²) in [6.07, 6.45) is 0.544. The molecule has 0 saturated heterocycles. The molecule has 0 fully saturated rings. The molecule has 0 spiro atoms. The van der Waals surface area contributed by atoms with Gasteiger partial charge in [0, 0.05) is 17.7 Å². The summed E-state index contributed by atoms with van der Waals surface area (Å²) < 4.78 is 0. The maximum atomic E-state index is 10.7. The van der Waals surface area contributed by atoms with Crippen molar-refractivity contribution in [1.29, 1.82) is 0 Å². The molecule has 4 heteroatoms. The van der Waals surface area contributed by atoms with Gasteiger partial charge in [0.05, 0.1) is 12.1 Å². The lowest BCUT2D eigenvalue weighted by molar-refractivity contribution is -0.136. The number of H-pyrrole nitrogens is 1. The number of hydrogen-bond donors (Lipinski definition) is 2. The molecule has 20 heavy (non-hydrogen) atoms. The highest BCUT2D eigenvalue weighted by molar-refractivity contribution is 5.71. The number of benzene rings is 1. The lowest BCUT2D eigenvalue weighted by atomic mass is 9.97. The highest BCUT2D eigenvalue weighted by atomic mass is 16.4. The Labute approximate surface area is 118 Å². The van der Waals surface area contributed by atoms with Gasteiger partial charge in [0.15, 0.2) is 0 Å². The Kier molecular flexibility index (Phi) is 4.23. The van der Waals surface area contributed by atoms with Gasteiger partial charge in [-0.05, 0) is 24.0 Å². The lowest BCUT2D eigenvalue weighted by Crippen LogP contribution is -1.99. The molecule has 0 bridgehead atoms. The van der Waals surface area contributed by atoms with Gasteiger partial charge in [-0.1, -0.05) is 38.1 Å². The van der Waals surface area contributed by atoms with E-state index in [1.54, 1.807) is 0 Å². The number of nitrogens with zero attached hydrogens (tertiary/aromatic N) is 1. The van der Waals surface area contributed by atoms with Crippen LogP contribution in [0.25, 0.3) is 11.1 Å². The molecular weight excluding hydrogens is 252 g/mol. The average Bonchev–Trinajstić information content (AvgIpc) is 2.77. The molecule has 0 radical (unpaired) electrons. The zero-order chi connectivity index (χ0) is 14.7. The van der Waals surface area contributed by atoms with Crippen LogP contribution >= 0.6 is 0 Å². The molecule has 0 amide bonds. The van der Waals surface area contributed by atoms with Crippen molar-refractivity contribution in [3.63, 3.8) is 0 Å². The summed E-state index contributed by atoms with van der Waals surface area (Å²) in [4.78, 5) is 10.7. The normalized spacial score (nSPS) is 11.0. The Bertz CT molecular complexity index is 597. The standard InChI is InChI=1S/C16H20N2O2/c1-10(2)12-4-6-13(7-5-12)16-11(3)17-18-14(16)8-9-15(19)20/h4-7,10H,8-9H2,1-3H3,(H,17,18)(H,19,20). The van der Waals surface area contributed by atoms with Crippen molar-refractivity contribution < 1.29 is 9.90 Å². The second-order valence-corrected chi connectivity index (χ2v) is 5.34. The van der Waals surface area contributed by atoms with E-state index in [1.807, 2.05) is 6.92 Å². The van der Waals surface area contributed by atoms with Crippen molar-refractivity contribution in [3.8, 4) is 11.1 Å². The maximum absolute atomic E-state index is 10.7. The number of aromatic amines is 1. The minimum absolute atomic E-state index is 0.0986. The summed E-state index contributed by atoms with van der Waals surface area (Å²) in [6.45, 7) is 6.29. The smallest absolute Gasteiger partial charge is 0.303 e. The fourth-order valence-corrected chi connectivity index (χ4v) is 2.30. The van der Waals surface area contributed by atoms with Gasteiger partial charge in [-0.15, -0.1) is 0 Å². The van der Waals surface area contributed by atoms with Crippen LogP contribution in [0, 0.1) is 6.92 Å². The highest BCUT2D eigenvalue weighted by Crippen LogP contribution is 2.28. The van der Waals surface area contributed by atoms with Crippen LogP contribution in [0.2, 0.25) is 0 Å². The number of carboxylic acid groups (broad SMARTS) is 1. The third-order valence-corrected chi connectivity index (χ3v) is 3.46. The van der Waals surface area contributed by atoms with Crippen LogP contribution in [-0.4, -0.2) is 21.3 Å². The van der Waals surface area contributed by atoms with E-state index in [-0.39, 0.29) is 6.42 Å². The van der Waals surface area contributed by atoms with Crippen LogP contribution < -0.4 is 0 Å². The number of hydrogen-bond acceptors (Lipinski definition) is 2. The second kappa shape index (κ2) is 5.90. The first-order valence-electron chi connectivity index (χ1n) is 6.85.